The number of nitrogens with zero attached hydrogens (tertiary/aromatic N) is 1. The molecule has 0 aliphatic carbocycles. The third-order valence-electron chi connectivity index (χ3n) is 3.23. The van der Waals surface area contributed by atoms with Crippen LogP contribution in [0.4, 0.5) is 0 Å². The lowest BCUT2D eigenvalue weighted by atomic mass is 10.2. The first kappa shape index (κ1) is 11.8. The van der Waals surface area contributed by atoms with Gasteiger partial charge in [-0.1, -0.05) is 0 Å². The minimum absolute atomic E-state index is 0.171. The van der Waals surface area contributed by atoms with Crippen molar-refractivity contribution in [2.24, 2.45) is 0 Å². The standard InChI is InChI=1S/C15H10N2O4/c18-15(9-2-4-13-14(5-9)20-8-19-13)21-11-3-1-10-7-16-17-12(10)6-11/h1-7H,8H2,(H,16,17). The van der Waals surface area contributed by atoms with Crippen molar-refractivity contribution in [3.63, 3.8) is 0 Å². The number of ether oxygens (including phenoxy) is 3. The molecule has 0 amide bonds. The fourth-order valence-electron chi connectivity index (χ4n) is 2.17. The molecule has 0 bridgehead atoms. The van der Waals surface area contributed by atoms with E-state index in [4.69, 9.17) is 14.2 Å². The van der Waals surface area contributed by atoms with Crippen LogP contribution in [-0.2, 0) is 0 Å². The molecule has 6 heteroatoms. The number of fused-ring (bicyclic) bond motifs is 2. The second-order valence-corrected chi connectivity index (χ2v) is 4.58. The number of nitrogens with one attached hydrogen (secondary N) is 1. The molecule has 1 aliphatic heterocycles. The second kappa shape index (κ2) is 4.52. The lowest BCUT2D eigenvalue weighted by Crippen LogP contribution is -2.08. The van der Waals surface area contributed by atoms with Gasteiger partial charge in [0.25, 0.3) is 0 Å². The molecular weight excluding hydrogens is 272 g/mol. The fourth-order valence-corrected chi connectivity index (χ4v) is 2.17. The van der Waals surface area contributed by atoms with E-state index >= 15 is 0 Å². The van der Waals surface area contributed by atoms with Crippen molar-refractivity contribution < 1.29 is 19.0 Å². The van der Waals surface area contributed by atoms with Crippen LogP contribution < -0.4 is 14.2 Å². The first-order valence-electron chi connectivity index (χ1n) is 6.34. The van der Waals surface area contributed by atoms with Gasteiger partial charge in [0.2, 0.25) is 6.79 Å². The van der Waals surface area contributed by atoms with Crippen LogP contribution in [0.15, 0.2) is 42.6 Å². The average molecular weight is 282 g/mol. The molecule has 104 valence electrons. The molecule has 6 nitrogen and oxygen atoms in total. The number of aromatic nitrogens is 2. The van der Waals surface area contributed by atoms with Gasteiger partial charge in [0, 0.05) is 11.5 Å². The van der Waals surface area contributed by atoms with Crippen molar-refractivity contribution in [2.45, 2.75) is 0 Å². The third-order valence-corrected chi connectivity index (χ3v) is 3.23. The first-order chi connectivity index (χ1) is 10.3. The zero-order chi connectivity index (χ0) is 14.2. The molecule has 1 aliphatic rings. The van der Waals surface area contributed by atoms with E-state index in [0.717, 1.165) is 10.9 Å². The van der Waals surface area contributed by atoms with Crippen LogP contribution in [0.25, 0.3) is 10.9 Å². The van der Waals surface area contributed by atoms with Gasteiger partial charge in [-0.05, 0) is 30.3 Å². The summed E-state index contributed by atoms with van der Waals surface area (Å²) < 4.78 is 15.8. The van der Waals surface area contributed by atoms with E-state index in [1.54, 1.807) is 36.5 Å². The Balaban J connectivity index is 1.59. The van der Waals surface area contributed by atoms with Crippen LogP contribution in [0.2, 0.25) is 0 Å². The molecule has 0 saturated carbocycles. The predicted octanol–water partition coefficient (Wildman–Crippen LogP) is 2.51. The van der Waals surface area contributed by atoms with Crippen molar-refractivity contribution in [1.82, 2.24) is 10.2 Å². The van der Waals surface area contributed by atoms with Crippen molar-refractivity contribution in [3.05, 3.63) is 48.2 Å². The summed E-state index contributed by atoms with van der Waals surface area (Å²) in [6.07, 6.45) is 1.71. The van der Waals surface area contributed by atoms with Gasteiger partial charge in [0.1, 0.15) is 5.75 Å². The number of carbonyl (C=O) groups is 1. The van der Waals surface area contributed by atoms with Crippen molar-refractivity contribution in [2.75, 3.05) is 6.79 Å². The van der Waals surface area contributed by atoms with E-state index < -0.39 is 5.97 Å². The summed E-state index contributed by atoms with van der Waals surface area (Å²) >= 11 is 0. The highest BCUT2D eigenvalue weighted by Gasteiger charge is 2.17. The first-order valence-corrected chi connectivity index (χ1v) is 6.34. The molecule has 3 aromatic rings. The Morgan fingerprint density at radius 1 is 1.14 bits per heavy atom. The Kier molecular flexibility index (Phi) is 2.53. The average Bonchev–Trinajstić information content (AvgIpc) is 3.14. The van der Waals surface area contributed by atoms with Crippen LogP contribution in [-0.4, -0.2) is 23.0 Å². The zero-order valence-corrected chi connectivity index (χ0v) is 10.8. The maximum atomic E-state index is 12.1. The number of rotatable bonds is 2. The fraction of sp³-hybridized carbons (Fsp3) is 0.0667. The molecule has 0 spiro atoms. The molecule has 1 N–H and O–H groups in total. The molecule has 0 radical (unpaired) electrons. The number of H-pyrrole nitrogens is 1. The summed E-state index contributed by atoms with van der Waals surface area (Å²) in [6.45, 7) is 0.171. The Hall–Kier alpha value is -3.02. The van der Waals surface area contributed by atoms with Gasteiger partial charge in [0.15, 0.2) is 11.5 Å². The van der Waals surface area contributed by atoms with Gasteiger partial charge < -0.3 is 14.2 Å². The van der Waals surface area contributed by atoms with Crippen molar-refractivity contribution in [1.29, 1.82) is 0 Å². The highest BCUT2D eigenvalue weighted by atomic mass is 16.7. The third kappa shape index (κ3) is 2.06. The number of benzene rings is 2. The maximum Gasteiger partial charge on any atom is 0.343 e. The molecule has 0 fully saturated rings. The van der Waals surface area contributed by atoms with Crippen LogP contribution in [0.3, 0.4) is 0 Å². The Morgan fingerprint density at radius 3 is 3.00 bits per heavy atom. The normalized spacial score (nSPS) is 12.6. The molecule has 2 heterocycles. The molecule has 0 saturated heterocycles. The lowest BCUT2D eigenvalue weighted by molar-refractivity contribution is 0.0734. The lowest BCUT2D eigenvalue weighted by Gasteiger charge is -2.05. The van der Waals surface area contributed by atoms with Gasteiger partial charge in [-0.3, -0.25) is 5.10 Å². The number of hydrogen-bond acceptors (Lipinski definition) is 5. The number of esters is 1. The molecular formula is C15H10N2O4. The van der Waals surface area contributed by atoms with E-state index in [0.29, 0.717) is 22.8 Å². The summed E-state index contributed by atoms with van der Waals surface area (Å²) in [5.41, 5.74) is 1.22. The van der Waals surface area contributed by atoms with E-state index in [1.165, 1.54) is 0 Å². The summed E-state index contributed by atoms with van der Waals surface area (Å²) in [5.74, 6) is 1.18. The zero-order valence-electron chi connectivity index (χ0n) is 10.8. The van der Waals surface area contributed by atoms with Crippen LogP contribution in [0.1, 0.15) is 10.4 Å². The monoisotopic (exact) mass is 282 g/mol. The van der Waals surface area contributed by atoms with E-state index in [9.17, 15) is 4.79 Å². The minimum Gasteiger partial charge on any atom is -0.454 e. The minimum atomic E-state index is -0.452. The van der Waals surface area contributed by atoms with Crippen LogP contribution in [0.5, 0.6) is 17.2 Å². The quantitative estimate of drug-likeness (QED) is 0.577. The molecule has 21 heavy (non-hydrogen) atoms. The van der Waals surface area contributed by atoms with Gasteiger partial charge in [-0.25, -0.2) is 4.79 Å². The largest absolute Gasteiger partial charge is 0.454 e. The van der Waals surface area contributed by atoms with Gasteiger partial charge in [0.05, 0.1) is 17.3 Å². The predicted molar refractivity (Wildman–Crippen MR) is 73.6 cm³/mol. The summed E-state index contributed by atoms with van der Waals surface area (Å²) in [7, 11) is 0. The molecule has 0 unspecified atom stereocenters. The SMILES string of the molecule is O=C(Oc1ccc2cn[nH]c2c1)c1ccc2c(c1)OCO2. The molecule has 2 aromatic carbocycles. The Bertz CT molecular complexity index is 841. The van der Waals surface area contributed by atoms with E-state index in [1.807, 2.05) is 6.07 Å². The number of aromatic amines is 1. The smallest absolute Gasteiger partial charge is 0.343 e. The molecule has 1 aromatic heterocycles. The summed E-state index contributed by atoms with van der Waals surface area (Å²) in [6, 6.07) is 10.2. The Morgan fingerprint density at radius 2 is 2.05 bits per heavy atom. The van der Waals surface area contributed by atoms with E-state index in [-0.39, 0.29) is 6.79 Å². The number of hydrogen-bond donors (Lipinski definition) is 1. The topological polar surface area (TPSA) is 73.4 Å². The van der Waals surface area contributed by atoms with Crippen LogP contribution in [0, 0.1) is 0 Å². The van der Waals surface area contributed by atoms with Gasteiger partial charge >= 0.3 is 5.97 Å². The van der Waals surface area contributed by atoms with Crippen molar-refractivity contribution >= 4 is 16.9 Å². The summed E-state index contributed by atoms with van der Waals surface area (Å²) in [4.78, 5) is 12.1. The Labute approximate surface area is 119 Å². The summed E-state index contributed by atoms with van der Waals surface area (Å²) in [5, 5.41) is 7.71. The van der Waals surface area contributed by atoms with Gasteiger partial charge in [-0.15, -0.1) is 0 Å². The van der Waals surface area contributed by atoms with Gasteiger partial charge in [-0.2, -0.15) is 5.10 Å². The molecule has 4 rings (SSSR count). The molecule has 0 atom stereocenters. The van der Waals surface area contributed by atoms with Crippen molar-refractivity contribution in [3.8, 4) is 17.2 Å². The van der Waals surface area contributed by atoms with Crippen LogP contribution >= 0.6 is 0 Å². The number of carbonyl (C=O) groups excluding carboxylic acids is 1. The maximum absolute atomic E-state index is 12.1. The van der Waals surface area contributed by atoms with E-state index in [2.05, 4.69) is 10.2 Å². The highest BCUT2D eigenvalue weighted by molar-refractivity contribution is 5.92. The second-order valence-electron chi connectivity index (χ2n) is 4.58. The highest BCUT2D eigenvalue weighted by Crippen LogP contribution is 2.32.